The molecule has 0 radical (unpaired) electrons. The minimum Gasteiger partial charge on any atom is -0.480 e. The van der Waals surface area contributed by atoms with Crippen LogP contribution in [0.15, 0.2) is 12.4 Å². The molecule has 2 rings (SSSR count). The Morgan fingerprint density at radius 2 is 2.41 bits per heavy atom. The Labute approximate surface area is 101 Å². The van der Waals surface area contributed by atoms with E-state index in [1.165, 1.54) is 0 Å². The van der Waals surface area contributed by atoms with E-state index in [4.69, 9.17) is 5.11 Å². The summed E-state index contributed by atoms with van der Waals surface area (Å²) < 4.78 is 1.85. The van der Waals surface area contributed by atoms with Gasteiger partial charge in [0.15, 0.2) is 0 Å². The van der Waals surface area contributed by atoms with E-state index in [2.05, 4.69) is 10.4 Å². The molecule has 1 aliphatic rings. The summed E-state index contributed by atoms with van der Waals surface area (Å²) in [5, 5.41) is 16.5. The fourth-order valence-corrected chi connectivity index (χ4v) is 1.98. The first-order chi connectivity index (χ1) is 8.11. The van der Waals surface area contributed by atoms with Crippen molar-refractivity contribution in [3.05, 3.63) is 18.0 Å². The predicted molar refractivity (Wildman–Crippen MR) is 63.6 cm³/mol. The minimum absolute atomic E-state index is 0.0250. The van der Waals surface area contributed by atoms with Gasteiger partial charge in [0.1, 0.15) is 6.04 Å². The highest BCUT2D eigenvalue weighted by molar-refractivity contribution is 5.74. The summed E-state index contributed by atoms with van der Waals surface area (Å²) in [6.45, 7) is 4.84. The molecule has 5 nitrogen and oxygen atoms in total. The molecule has 0 saturated heterocycles. The molecule has 2 N–H and O–H groups in total. The number of hydrogen-bond acceptors (Lipinski definition) is 3. The summed E-state index contributed by atoms with van der Waals surface area (Å²) in [5.74, 6) is -0.446. The van der Waals surface area contributed by atoms with Crippen LogP contribution < -0.4 is 5.32 Å². The molecule has 0 aromatic carbocycles. The van der Waals surface area contributed by atoms with E-state index >= 15 is 0 Å². The summed E-state index contributed by atoms with van der Waals surface area (Å²) in [6, 6.07) is -0.396. The van der Waals surface area contributed by atoms with E-state index in [-0.39, 0.29) is 6.04 Å². The molecule has 0 bridgehead atoms. The molecule has 5 heteroatoms. The number of carboxylic acids is 1. The Morgan fingerprint density at radius 1 is 1.71 bits per heavy atom. The molecule has 94 valence electrons. The lowest BCUT2D eigenvalue weighted by Crippen LogP contribution is -2.39. The number of carboxylic acid groups (broad SMARTS) is 1. The van der Waals surface area contributed by atoms with E-state index in [9.17, 15) is 4.79 Å². The van der Waals surface area contributed by atoms with Crippen LogP contribution in [-0.2, 0) is 11.3 Å². The molecule has 0 spiro atoms. The van der Waals surface area contributed by atoms with Gasteiger partial charge in [-0.25, -0.2) is 0 Å². The van der Waals surface area contributed by atoms with Crippen molar-refractivity contribution in [1.82, 2.24) is 15.1 Å². The highest BCUT2D eigenvalue weighted by Crippen LogP contribution is 2.33. The average molecular weight is 237 g/mol. The Hall–Kier alpha value is -1.36. The van der Waals surface area contributed by atoms with Crippen LogP contribution >= 0.6 is 0 Å². The van der Waals surface area contributed by atoms with Crippen molar-refractivity contribution < 1.29 is 9.90 Å². The second-order valence-corrected chi connectivity index (χ2v) is 4.67. The number of rotatable bonds is 6. The number of hydrogen-bond donors (Lipinski definition) is 2. The minimum atomic E-state index is -0.748. The lowest BCUT2D eigenvalue weighted by Gasteiger charge is -2.18. The van der Waals surface area contributed by atoms with Crippen LogP contribution in [0.1, 0.15) is 38.3 Å². The summed E-state index contributed by atoms with van der Waals surface area (Å²) in [7, 11) is 0. The van der Waals surface area contributed by atoms with Gasteiger partial charge >= 0.3 is 5.97 Å². The van der Waals surface area contributed by atoms with Gasteiger partial charge in [-0.05, 0) is 32.6 Å². The van der Waals surface area contributed by atoms with Crippen LogP contribution in [0.2, 0.25) is 0 Å². The molecular weight excluding hydrogens is 218 g/mol. The molecule has 0 aliphatic heterocycles. The lowest BCUT2D eigenvalue weighted by atomic mass is 10.1. The number of aromatic nitrogens is 2. The first kappa shape index (κ1) is 12.1. The molecule has 17 heavy (non-hydrogen) atoms. The van der Waals surface area contributed by atoms with E-state index in [1.807, 2.05) is 24.7 Å². The van der Waals surface area contributed by atoms with Crippen LogP contribution in [0.4, 0.5) is 0 Å². The van der Waals surface area contributed by atoms with Crippen molar-refractivity contribution in [3.8, 4) is 0 Å². The fourth-order valence-electron chi connectivity index (χ4n) is 1.98. The first-order valence-corrected chi connectivity index (χ1v) is 6.13. The summed E-state index contributed by atoms with van der Waals surface area (Å²) in [4.78, 5) is 11.1. The maximum Gasteiger partial charge on any atom is 0.320 e. The van der Waals surface area contributed by atoms with Gasteiger partial charge in [-0.3, -0.25) is 14.8 Å². The lowest BCUT2D eigenvalue weighted by molar-refractivity contribution is -0.140. The van der Waals surface area contributed by atoms with Crippen LogP contribution in [0.3, 0.4) is 0 Å². The van der Waals surface area contributed by atoms with E-state index in [0.717, 1.165) is 24.9 Å². The third-order valence-corrected chi connectivity index (χ3v) is 3.27. The topological polar surface area (TPSA) is 67.2 Å². The van der Waals surface area contributed by atoms with Crippen LogP contribution in [0.5, 0.6) is 0 Å². The van der Waals surface area contributed by atoms with E-state index in [1.54, 1.807) is 6.20 Å². The number of aliphatic carboxylic acids is 1. The molecule has 1 saturated carbocycles. The molecule has 1 aromatic heterocycles. The van der Waals surface area contributed by atoms with Crippen molar-refractivity contribution >= 4 is 5.97 Å². The van der Waals surface area contributed by atoms with E-state index < -0.39 is 12.0 Å². The molecule has 2 unspecified atom stereocenters. The van der Waals surface area contributed by atoms with Crippen molar-refractivity contribution in [3.63, 3.8) is 0 Å². The van der Waals surface area contributed by atoms with Gasteiger partial charge in [-0.2, -0.15) is 5.10 Å². The highest BCUT2D eigenvalue weighted by Gasteiger charge is 2.36. The average Bonchev–Trinajstić information content (AvgIpc) is 3.01. The zero-order valence-corrected chi connectivity index (χ0v) is 10.3. The Bertz CT molecular complexity index is 398. The quantitative estimate of drug-likeness (QED) is 0.785. The van der Waals surface area contributed by atoms with Gasteiger partial charge in [0.2, 0.25) is 0 Å². The predicted octanol–water partition coefficient (Wildman–Crippen LogP) is 1.42. The van der Waals surface area contributed by atoms with Crippen molar-refractivity contribution in [1.29, 1.82) is 0 Å². The first-order valence-electron chi connectivity index (χ1n) is 6.13. The smallest absolute Gasteiger partial charge is 0.320 e. The zero-order chi connectivity index (χ0) is 12.4. The van der Waals surface area contributed by atoms with Crippen LogP contribution in [0, 0.1) is 5.92 Å². The Kier molecular flexibility index (Phi) is 3.47. The van der Waals surface area contributed by atoms with E-state index in [0.29, 0.717) is 5.92 Å². The molecular formula is C12H19N3O2. The second kappa shape index (κ2) is 4.87. The maximum atomic E-state index is 11.1. The summed E-state index contributed by atoms with van der Waals surface area (Å²) in [6.07, 6.45) is 5.80. The van der Waals surface area contributed by atoms with Crippen LogP contribution in [-0.4, -0.2) is 26.9 Å². The maximum absolute atomic E-state index is 11.1. The fraction of sp³-hybridized carbons (Fsp3) is 0.667. The van der Waals surface area contributed by atoms with Gasteiger partial charge in [-0.1, -0.05) is 0 Å². The van der Waals surface area contributed by atoms with Crippen molar-refractivity contribution in [2.45, 2.75) is 45.3 Å². The molecule has 1 aromatic rings. The molecule has 1 aliphatic carbocycles. The molecule has 0 amide bonds. The highest BCUT2D eigenvalue weighted by atomic mass is 16.4. The van der Waals surface area contributed by atoms with Gasteiger partial charge in [0.25, 0.3) is 0 Å². The zero-order valence-electron chi connectivity index (χ0n) is 10.3. The number of nitrogens with zero attached hydrogens (tertiary/aromatic N) is 2. The Morgan fingerprint density at radius 3 is 2.88 bits per heavy atom. The van der Waals surface area contributed by atoms with Gasteiger partial charge in [0.05, 0.1) is 6.20 Å². The molecule has 1 fully saturated rings. The molecule has 2 atom stereocenters. The normalized spacial score (nSPS) is 18.9. The number of carbonyl (C=O) groups is 1. The third kappa shape index (κ3) is 2.85. The second-order valence-electron chi connectivity index (χ2n) is 4.67. The third-order valence-electron chi connectivity index (χ3n) is 3.27. The number of nitrogens with one attached hydrogen (secondary N) is 1. The van der Waals surface area contributed by atoms with Crippen molar-refractivity contribution in [2.24, 2.45) is 5.92 Å². The van der Waals surface area contributed by atoms with Gasteiger partial charge in [-0.15, -0.1) is 0 Å². The van der Waals surface area contributed by atoms with Crippen molar-refractivity contribution in [2.75, 3.05) is 0 Å². The SMILES string of the molecule is CCn1cc(C(C)NC(C(=O)O)C2CC2)cn1. The Balaban J connectivity index is 1.99. The summed E-state index contributed by atoms with van der Waals surface area (Å²) >= 11 is 0. The number of aryl methyl sites for hydroxylation is 1. The van der Waals surface area contributed by atoms with Crippen LogP contribution in [0.25, 0.3) is 0 Å². The van der Waals surface area contributed by atoms with Gasteiger partial charge in [0, 0.05) is 24.3 Å². The largest absolute Gasteiger partial charge is 0.480 e. The molecule has 1 heterocycles. The summed E-state index contributed by atoms with van der Waals surface area (Å²) in [5.41, 5.74) is 1.04. The standard InChI is InChI=1S/C12H19N3O2/c1-3-15-7-10(6-13-15)8(2)14-11(12(16)17)9-4-5-9/h6-9,11,14H,3-5H2,1-2H3,(H,16,17). The monoisotopic (exact) mass is 237 g/mol. The van der Waals surface area contributed by atoms with Gasteiger partial charge < -0.3 is 5.11 Å².